The van der Waals surface area contributed by atoms with E-state index in [9.17, 15) is 4.79 Å². The SMILES string of the molecule is Cc1ccc2cc(CN(Cc3nnnn3C[C@H]3CCCO3)C3CCCC3)c(=O)[nH]c2c1. The second-order valence-electron chi connectivity index (χ2n) is 8.97. The van der Waals surface area contributed by atoms with Crippen LogP contribution in [0.2, 0.25) is 0 Å². The molecule has 1 atom stereocenters. The zero-order valence-corrected chi connectivity index (χ0v) is 18.1. The van der Waals surface area contributed by atoms with Gasteiger partial charge in [-0.1, -0.05) is 25.0 Å². The number of benzene rings is 1. The molecule has 1 aromatic carbocycles. The molecule has 1 aliphatic carbocycles. The van der Waals surface area contributed by atoms with Crippen molar-refractivity contribution in [3.63, 3.8) is 0 Å². The molecule has 0 bridgehead atoms. The Morgan fingerprint density at radius 3 is 2.84 bits per heavy atom. The van der Waals surface area contributed by atoms with E-state index in [4.69, 9.17) is 4.74 Å². The average molecular weight is 423 g/mol. The molecule has 2 fully saturated rings. The van der Waals surface area contributed by atoms with Crippen molar-refractivity contribution in [2.45, 2.75) is 77.2 Å². The molecule has 0 spiro atoms. The maximum atomic E-state index is 12.9. The van der Waals surface area contributed by atoms with Gasteiger partial charge >= 0.3 is 0 Å². The third kappa shape index (κ3) is 4.55. The van der Waals surface area contributed by atoms with Crippen molar-refractivity contribution in [1.82, 2.24) is 30.1 Å². The molecular formula is C23H30N6O2. The van der Waals surface area contributed by atoms with Gasteiger partial charge in [0, 0.05) is 30.3 Å². The first-order chi connectivity index (χ1) is 15.2. The Balaban J connectivity index is 1.39. The summed E-state index contributed by atoms with van der Waals surface area (Å²) in [6.07, 6.45) is 7.10. The van der Waals surface area contributed by atoms with Gasteiger partial charge in [-0.25, -0.2) is 4.68 Å². The van der Waals surface area contributed by atoms with Crippen molar-refractivity contribution in [1.29, 1.82) is 0 Å². The van der Waals surface area contributed by atoms with Gasteiger partial charge in [0.05, 0.1) is 19.2 Å². The van der Waals surface area contributed by atoms with Gasteiger partial charge in [0.2, 0.25) is 0 Å². The van der Waals surface area contributed by atoms with Gasteiger partial charge in [0.1, 0.15) is 0 Å². The summed E-state index contributed by atoms with van der Waals surface area (Å²) in [6.45, 7) is 4.78. The quantitative estimate of drug-likeness (QED) is 0.630. The average Bonchev–Trinajstić information content (AvgIpc) is 3.52. The molecule has 3 heterocycles. The van der Waals surface area contributed by atoms with Crippen LogP contribution in [0.4, 0.5) is 0 Å². The summed E-state index contributed by atoms with van der Waals surface area (Å²) in [4.78, 5) is 18.3. The highest BCUT2D eigenvalue weighted by atomic mass is 16.5. The summed E-state index contributed by atoms with van der Waals surface area (Å²) >= 11 is 0. The fourth-order valence-electron chi connectivity index (χ4n) is 4.92. The highest BCUT2D eigenvalue weighted by Gasteiger charge is 2.26. The number of hydrogen-bond acceptors (Lipinski definition) is 6. The summed E-state index contributed by atoms with van der Waals surface area (Å²) in [7, 11) is 0. The third-order valence-electron chi connectivity index (χ3n) is 6.64. The molecule has 3 aromatic rings. The van der Waals surface area contributed by atoms with Gasteiger partial charge in [0.25, 0.3) is 5.56 Å². The number of rotatable bonds is 7. The van der Waals surface area contributed by atoms with Gasteiger partial charge in [0.15, 0.2) is 5.82 Å². The molecule has 2 aliphatic rings. The van der Waals surface area contributed by atoms with E-state index in [2.05, 4.69) is 37.5 Å². The number of nitrogens with one attached hydrogen (secondary N) is 1. The molecule has 164 valence electrons. The highest BCUT2D eigenvalue weighted by molar-refractivity contribution is 5.79. The van der Waals surface area contributed by atoms with Gasteiger partial charge < -0.3 is 9.72 Å². The number of pyridine rings is 1. The Labute approximate surface area is 181 Å². The van der Waals surface area contributed by atoms with Gasteiger partial charge in [-0.2, -0.15) is 0 Å². The van der Waals surface area contributed by atoms with Crippen molar-refractivity contribution < 1.29 is 4.74 Å². The van der Waals surface area contributed by atoms with Crippen molar-refractivity contribution in [2.24, 2.45) is 0 Å². The Morgan fingerprint density at radius 2 is 2.03 bits per heavy atom. The van der Waals surface area contributed by atoms with Crippen molar-refractivity contribution in [2.75, 3.05) is 6.61 Å². The van der Waals surface area contributed by atoms with Crippen LogP contribution in [0.15, 0.2) is 29.1 Å². The number of tetrazole rings is 1. The molecule has 8 heteroatoms. The summed E-state index contributed by atoms with van der Waals surface area (Å²) in [5.41, 5.74) is 2.81. The molecular weight excluding hydrogens is 392 g/mol. The lowest BCUT2D eigenvalue weighted by molar-refractivity contribution is 0.0906. The van der Waals surface area contributed by atoms with Gasteiger partial charge in [-0.3, -0.25) is 9.69 Å². The van der Waals surface area contributed by atoms with Crippen molar-refractivity contribution >= 4 is 10.9 Å². The zero-order valence-electron chi connectivity index (χ0n) is 18.1. The van der Waals surface area contributed by atoms with E-state index >= 15 is 0 Å². The van der Waals surface area contributed by atoms with E-state index in [1.807, 2.05) is 23.7 Å². The Bertz CT molecular complexity index is 1090. The van der Waals surface area contributed by atoms with Crippen LogP contribution in [0, 0.1) is 6.92 Å². The fourth-order valence-corrected chi connectivity index (χ4v) is 4.92. The Kier molecular flexibility index (Phi) is 5.82. The zero-order chi connectivity index (χ0) is 21.2. The highest BCUT2D eigenvalue weighted by Crippen LogP contribution is 2.26. The normalized spacial score (nSPS) is 19.7. The molecule has 5 rings (SSSR count). The van der Waals surface area contributed by atoms with Gasteiger partial charge in [-0.15, -0.1) is 5.10 Å². The van der Waals surface area contributed by atoms with Crippen LogP contribution < -0.4 is 5.56 Å². The number of H-pyrrole nitrogens is 1. The second kappa shape index (κ2) is 8.88. The van der Waals surface area contributed by atoms with Crippen LogP contribution in [0.1, 0.15) is 55.5 Å². The van der Waals surface area contributed by atoms with E-state index in [1.54, 1.807) is 0 Å². The van der Waals surface area contributed by atoms with E-state index in [1.165, 1.54) is 12.8 Å². The Morgan fingerprint density at radius 1 is 1.16 bits per heavy atom. The maximum absolute atomic E-state index is 12.9. The second-order valence-corrected chi connectivity index (χ2v) is 8.97. The summed E-state index contributed by atoms with van der Waals surface area (Å²) in [5.74, 6) is 0.843. The minimum Gasteiger partial charge on any atom is -0.376 e. The summed E-state index contributed by atoms with van der Waals surface area (Å²) in [5, 5.41) is 13.5. The number of hydrogen-bond donors (Lipinski definition) is 1. The van der Waals surface area contributed by atoms with Crippen LogP contribution in [0.3, 0.4) is 0 Å². The number of ether oxygens (including phenoxy) is 1. The molecule has 1 aliphatic heterocycles. The summed E-state index contributed by atoms with van der Waals surface area (Å²) in [6, 6.07) is 8.66. The van der Waals surface area contributed by atoms with E-state index in [0.29, 0.717) is 25.7 Å². The molecule has 8 nitrogen and oxygen atoms in total. The lowest BCUT2D eigenvalue weighted by Gasteiger charge is -2.28. The molecule has 1 saturated heterocycles. The van der Waals surface area contributed by atoms with Crippen LogP contribution in [-0.4, -0.2) is 48.8 Å². The molecule has 0 unspecified atom stereocenters. The fraction of sp³-hybridized carbons (Fsp3) is 0.565. The largest absolute Gasteiger partial charge is 0.376 e. The van der Waals surface area contributed by atoms with E-state index in [-0.39, 0.29) is 11.7 Å². The van der Waals surface area contributed by atoms with Crippen LogP contribution in [-0.2, 0) is 24.4 Å². The topological polar surface area (TPSA) is 88.9 Å². The molecule has 0 radical (unpaired) electrons. The number of nitrogens with zero attached hydrogens (tertiary/aromatic N) is 5. The molecule has 1 N–H and O–H groups in total. The monoisotopic (exact) mass is 422 g/mol. The van der Waals surface area contributed by atoms with Crippen LogP contribution in [0.5, 0.6) is 0 Å². The molecule has 0 amide bonds. The van der Waals surface area contributed by atoms with Gasteiger partial charge in [-0.05, 0) is 66.1 Å². The van der Waals surface area contributed by atoms with Crippen molar-refractivity contribution in [3.05, 3.63) is 51.6 Å². The molecule has 2 aromatic heterocycles. The lowest BCUT2D eigenvalue weighted by Crippen LogP contribution is -2.35. The summed E-state index contributed by atoms with van der Waals surface area (Å²) < 4.78 is 7.65. The maximum Gasteiger partial charge on any atom is 0.252 e. The van der Waals surface area contributed by atoms with E-state index in [0.717, 1.165) is 60.1 Å². The predicted molar refractivity (Wildman–Crippen MR) is 118 cm³/mol. The minimum atomic E-state index is -0.0138. The van der Waals surface area contributed by atoms with Crippen molar-refractivity contribution in [3.8, 4) is 0 Å². The minimum absolute atomic E-state index is 0.0138. The predicted octanol–water partition coefficient (Wildman–Crippen LogP) is 2.95. The van der Waals surface area contributed by atoms with Crippen LogP contribution in [0.25, 0.3) is 10.9 Å². The number of aromatic amines is 1. The van der Waals surface area contributed by atoms with E-state index < -0.39 is 0 Å². The first-order valence-electron chi connectivity index (χ1n) is 11.4. The molecule has 31 heavy (non-hydrogen) atoms. The lowest BCUT2D eigenvalue weighted by atomic mass is 10.1. The molecule has 1 saturated carbocycles. The standard InChI is InChI=1S/C23H30N6O2/c1-16-8-9-17-12-18(23(30)24-21(17)11-16)13-28(19-5-2-3-6-19)15-22-25-26-27-29(22)14-20-7-4-10-31-20/h8-9,11-12,19-20H,2-7,10,13-15H2,1H3,(H,24,30)/t20-/m1/s1. The number of aromatic nitrogens is 5. The third-order valence-corrected chi connectivity index (χ3v) is 6.64. The first kappa shape index (κ1) is 20.3. The number of aryl methyl sites for hydroxylation is 1. The van der Waals surface area contributed by atoms with Crippen LogP contribution >= 0.6 is 0 Å². The first-order valence-corrected chi connectivity index (χ1v) is 11.4. The smallest absolute Gasteiger partial charge is 0.252 e. The Hall–Kier alpha value is -2.58. The number of fused-ring (bicyclic) bond motifs is 1.